The number of nitrogens with one attached hydrogen (secondary N) is 2. The lowest BCUT2D eigenvalue weighted by Gasteiger charge is -2.29. The van der Waals surface area contributed by atoms with E-state index in [1.165, 1.54) is 12.1 Å². The second-order valence-corrected chi connectivity index (χ2v) is 5.80. The summed E-state index contributed by atoms with van der Waals surface area (Å²) in [7, 11) is 0. The van der Waals surface area contributed by atoms with E-state index in [0.717, 1.165) is 24.9 Å². The number of carbonyl (C=O) groups excluding carboxylic acids is 1. The molecule has 0 aromatic heterocycles. The molecule has 110 valence electrons. The molecule has 1 heterocycles. The van der Waals surface area contributed by atoms with Gasteiger partial charge in [-0.3, -0.25) is 4.79 Å². The van der Waals surface area contributed by atoms with Crippen LogP contribution in [0.15, 0.2) is 24.3 Å². The number of carbonyl (C=O) groups is 1. The molecular weight excluding hydrogens is 255 g/mol. The van der Waals surface area contributed by atoms with Crippen LogP contribution in [0.2, 0.25) is 0 Å². The van der Waals surface area contributed by atoms with Crippen molar-refractivity contribution in [2.75, 3.05) is 6.54 Å². The van der Waals surface area contributed by atoms with Crippen LogP contribution < -0.4 is 10.6 Å². The van der Waals surface area contributed by atoms with Crippen molar-refractivity contribution < 1.29 is 9.18 Å². The summed E-state index contributed by atoms with van der Waals surface area (Å²) in [6.45, 7) is 5.04. The predicted molar refractivity (Wildman–Crippen MR) is 78.1 cm³/mol. The first-order valence-electron chi connectivity index (χ1n) is 7.33. The second-order valence-electron chi connectivity index (χ2n) is 5.80. The van der Waals surface area contributed by atoms with Gasteiger partial charge < -0.3 is 10.6 Å². The molecule has 3 atom stereocenters. The molecule has 1 aromatic rings. The molecule has 1 saturated heterocycles. The van der Waals surface area contributed by atoms with Crippen LogP contribution in [0.5, 0.6) is 0 Å². The van der Waals surface area contributed by atoms with Gasteiger partial charge in [-0.05, 0) is 49.9 Å². The standard InChI is InChI=1S/C16H23FN2O/c1-11(13-4-3-5-14(17)10-13)8-16(20)19-15-6-7-18-12(2)9-15/h3-5,10-12,15,18H,6-9H2,1-2H3,(H,19,20). The minimum atomic E-state index is -0.248. The number of benzene rings is 1. The normalized spacial score (nSPS) is 24.1. The first-order chi connectivity index (χ1) is 9.54. The molecule has 0 spiro atoms. The number of hydrogen-bond acceptors (Lipinski definition) is 2. The molecule has 1 amide bonds. The summed E-state index contributed by atoms with van der Waals surface area (Å²) in [6.07, 6.45) is 2.35. The maximum absolute atomic E-state index is 13.2. The molecule has 0 aliphatic carbocycles. The minimum absolute atomic E-state index is 0.0323. The van der Waals surface area contributed by atoms with Crippen molar-refractivity contribution in [1.29, 1.82) is 0 Å². The van der Waals surface area contributed by atoms with E-state index in [1.807, 2.05) is 13.0 Å². The van der Waals surface area contributed by atoms with Crippen molar-refractivity contribution in [3.63, 3.8) is 0 Å². The van der Waals surface area contributed by atoms with Gasteiger partial charge in [0.15, 0.2) is 0 Å². The molecule has 3 nitrogen and oxygen atoms in total. The largest absolute Gasteiger partial charge is 0.353 e. The molecule has 0 bridgehead atoms. The van der Waals surface area contributed by atoms with E-state index in [9.17, 15) is 9.18 Å². The van der Waals surface area contributed by atoms with Gasteiger partial charge in [-0.1, -0.05) is 19.1 Å². The Bertz CT molecular complexity index is 464. The number of piperidine rings is 1. The fourth-order valence-corrected chi connectivity index (χ4v) is 2.76. The zero-order valence-corrected chi connectivity index (χ0v) is 12.2. The molecule has 1 aliphatic heterocycles. The Morgan fingerprint density at radius 1 is 1.55 bits per heavy atom. The van der Waals surface area contributed by atoms with Crippen LogP contribution >= 0.6 is 0 Å². The Hall–Kier alpha value is -1.42. The Morgan fingerprint density at radius 2 is 2.35 bits per heavy atom. The average molecular weight is 278 g/mol. The molecule has 1 fully saturated rings. The van der Waals surface area contributed by atoms with Gasteiger partial charge in [0, 0.05) is 18.5 Å². The second kappa shape index (κ2) is 6.84. The van der Waals surface area contributed by atoms with E-state index >= 15 is 0 Å². The molecule has 1 aromatic carbocycles. The smallest absolute Gasteiger partial charge is 0.220 e. The van der Waals surface area contributed by atoms with Gasteiger partial charge in [-0.25, -0.2) is 4.39 Å². The number of amides is 1. The Kier molecular flexibility index (Phi) is 5.12. The SMILES string of the molecule is CC1CC(NC(=O)CC(C)c2cccc(F)c2)CCN1. The molecule has 0 saturated carbocycles. The summed E-state index contributed by atoms with van der Waals surface area (Å²) in [5.74, 6) is -0.160. The van der Waals surface area contributed by atoms with Gasteiger partial charge in [0.25, 0.3) is 0 Å². The first-order valence-corrected chi connectivity index (χ1v) is 7.33. The lowest BCUT2D eigenvalue weighted by molar-refractivity contribution is -0.122. The molecule has 20 heavy (non-hydrogen) atoms. The highest BCUT2D eigenvalue weighted by Gasteiger charge is 2.21. The maximum Gasteiger partial charge on any atom is 0.220 e. The lowest BCUT2D eigenvalue weighted by atomic mass is 9.96. The van der Waals surface area contributed by atoms with Crippen molar-refractivity contribution in [3.8, 4) is 0 Å². The van der Waals surface area contributed by atoms with E-state index in [4.69, 9.17) is 0 Å². The molecule has 0 radical (unpaired) electrons. The molecule has 1 aliphatic rings. The molecule has 3 unspecified atom stereocenters. The van der Waals surface area contributed by atoms with E-state index in [-0.39, 0.29) is 23.7 Å². The average Bonchev–Trinajstić information content (AvgIpc) is 2.38. The van der Waals surface area contributed by atoms with Crippen LogP contribution in [-0.2, 0) is 4.79 Å². The van der Waals surface area contributed by atoms with Gasteiger partial charge in [-0.2, -0.15) is 0 Å². The zero-order valence-electron chi connectivity index (χ0n) is 12.2. The molecule has 4 heteroatoms. The van der Waals surface area contributed by atoms with Gasteiger partial charge in [0.05, 0.1) is 0 Å². The summed E-state index contributed by atoms with van der Waals surface area (Å²) in [6, 6.07) is 7.20. The van der Waals surface area contributed by atoms with E-state index in [2.05, 4.69) is 17.6 Å². The van der Waals surface area contributed by atoms with Crippen LogP contribution in [-0.4, -0.2) is 24.5 Å². The molecule has 2 N–H and O–H groups in total. The fourth-order valence-electron chi connectivity index (χ4n) is 2.76. The van der Waals surface area contributed by atoms with E-state index in [0.29, 0.717) is 12.5 Å². The van der Waals surface area contributed by atoms with Gasteiger partial charge in [-0.15, -0.1) is 0 Å². The predicted octanol–water partition coefficient (Wildman–Crippen LogP) is 2.58. The molecular formula is C16H23FN2O. The topological polar surface area (TPSA) is 41.1 Å². The highest BCUT2D eigenvalue weighted by Crippen LogP contribution is 2.20. The highest BCUT2D eigenvalue weighted by molar-refractivity contribution is 5.77. The Balaban J connectivity index is 1.84. The Morgan fingerprint density at radius 3 is 3.05 bits per heavy atom. The minimum Gasteiger partial charge on any atom is -0.353 e. The number of rotatable bonds is 4. The number of halogens is 1. The van der Waals surface area contributed by atoms with Crippen molar-refractivity contribution in [2.24, 2.45) is 0 Å². The zero-order chi connectivity index (χ0) is 14.5. The van der Waals surface area contributed by atoms with Crippen molar-refractivity contribution in [3.05, 3.63) is 35.6 Å². The third-order valence-corrected chi connectivity index (χ3v) is 3.90. The van der Waals surface area contributed by atoms with Gasteiger partial charge in [0.1, 0.15) is 5.82 Å². The van der Waals surface area contributed by atoms with E-state index in [1.54, 1.807) is 6.07 Å². The van der Waals surface area contributed by atoms with Gasteiger partial charge in [0.2, 0.25) is 5.91 Å². The summed E-state index contributed by atoms with van der Waals surface area (Å²) >= 11 is 0. The van der Waals surface area contributed by atoms with Crippen LogP contribution in [0.1, 0.15) is 44.6 Å². The monoisotopic (exact) mass is 278 g/mol. The summed E-state index contributed by atoms with van der Waals surface area (Å²) < 4.78 is 13.2. The maximum atomic E-state index is 13.2. The van der Waals surface area contributed by atoms with Crippen molar-refractivity contribution in [1.82, 2.24) is 10.6 Å². The lowest BCUT2D eigenvalue weighted by Crippen LogP contribution is -2.46. The van der Waals surface area contributed by atoms with Crippen LogP contribution in [0.3, 0.4) is 0 Å². The highest BCUT2D eigenvalue weighted by atomic mass is 19.1. The van der Waals surface area contributed by atoms with Crippen LogP contribution in [0, 0.1) is 5.82 Å². The first kappa shape index (κ1) is 15.0. The third-order valence-electron chi connectivity index (χ3n) is 3.90. The summed E-state index contributed by atoms with van der Waals surface area (Å²) in [4.78, 5) is 12.1. The van der Waals surface area contributed by atoms with Crippen molar-refractivity contribution >= 4 is 5.91 Å². The van der Waals surface area contributed by atoms with Gasteiger partial charge >= 0.3 is 0 Å². The van der Waals surface area contributed by atoms with Crippen LogP contribution in [0.4, 0.5) is 4.39 Å². The summed E-state index contributed by atoms with van der Waals surface area (Å²) in [5.41, 5.74) is 0.874. The molecule has 2 rings (SSSR count). The quantitative estimate of drug-likeness (QED) is 0.889. The van der Waals surface area contributed by atoms with Crippen molar-refractivity contribution in [2.45, 2.75) is 51.1 Å². The van der Waals surface area contributed by atoms with Crippen LogP contribution in [0.25, 0.3) is 0 Å². The van der Waals surface area contributed by atoms with E-state index < -0.39 is 0 Å². The fraction of sp³-hybridized carbons (Fsp3) is 0.562. The summed E-state index contributed by atoms with van der Waals surface area (Å²) in [5, 5.41) is 6.46. The Labute approximate surface area is 120 Å². The third kappa shape index (κ3) is 4.30. The number of hydrogen-bond donors (Lipinski definition) is 2.